The van der Waals surface area contributed by atoms with E-state index in [4.69, 9.17) is 0 Å². The molecule has 9 heteroatoms. The van der Waals surface area contributed by atoms with Gasteiger partial charge in [0.15, 0.2) is 0 Å². The van der Waals surface area contributed by atoms with E-state index in [9.17, 15) is 13.2 Å². The van der Waals surface area contributed by atoms with Gasteiger partial charge < -0.3 is 4.90 Å². The number of amides is 1. The Bertz CT molecular complexity index is 820. The maximum Gasteiger partial charge on any atom is 0.274 e. The highest BCUT2D eigenvalue weighted by Crippen LogP contribution is 2.25. The molecular formula is C15H18N4O3S2. The molecule has 24 heavy (non-hydrogen) atoms. The van der Waals surface area contributed by atoms with E-state index in [1.54, 1.807) is 17.0 Å². The van der Waals surface area contributed by atoms with Gasteiger partial charge in [-0.15, -0.1) is 11.3 Å². The fourth-order valence-corrected chi connectivity index (χ4v) is 5.49. The molecule has 0 aliphatic carbocycles. The SMILES string of the molecule is Cc1ccc(S(=O)(=O)N2CCCN(C(=O)c3cnccn3)CC2)s1. The van der Waals surface area contributed by atoms with Gasteiger partial charge in [-0.25, -0.2) is 13.4 Å². The van der Waals surface area contributed by atoms with Crippen LogP contribution in [0, 0.1) is 6.92 Å². The lowest BCUT2D eigenvalue weighted by Gasteiger charge is -2.21. The average Bonchev–Trinajstić information content (AvgIpc) is 2.88. The van der Waals surface area contributed by atoms with Crippen LogP contribution in [0.2, 0.25) is 0 Å². The van der Waals surface area contributed by atoms with Gasteiger partial charge in [0, 0.05) is 43.4 Å². The van der Waals surface area contributed by atoms with Gasteiger partial charge in [0.25, 0.3) is 15.9 Å². The number of aromatic nitrogens is 2. The Hall–Kier alpha value is -1.84. The van der Waals surface area contributed by atoms with Crippen molar-refractivity contribution in [2.45, 2.75) is 17.6 Å². The Morgan fingerprint density at radius 1 is 1.17 bits per heavy atom. The van der Waals surface area contributed by atoms with Crippen LogP contribution in [-0.4, -0.2) is 59.7 Å². The molecule has 1 saturated heterocycles. The van der Waals surface area contributed by atoms with Gasteiger partial charge in [-0.05, 0) is 25.5 Å². The molecular weight excluding hydrogens is 348 g/mol. The molecule has 0 bridgehead atoms. The molecule has 3 heterocycles. The molecule has 3 rings (SSSR count). The van der Waals surface area contributed by atoms with E-state index in [2.05, 4.69) is 9.97 Å². The van der Waals surface area contributed by atoms with Crippen LogP contribution in [-0.2, 0) is 10.0 Å². The highest BCUT2D eigenvalue weighted by Gasteiger charge is 2.29. The number of aryl methyl sites for hydroxylation is 1. The minimum Gasteiger partial charge on any atom is -0.336 e. The molecule has 0 spiro atoms. The molecule has 0 aromatic carbocycles. The summed E-state index contributed by atoms with van der Waals surface area (Å²) in [6.07, 6.45) is 5.00. The van der Waals surface area contributed by atoms with Gasteiger partial charge in [0.2, 0.25) is 0 Å². The highest BCUT2D eigenvalue weighted by molar-refractivity contribution is 7.91. The first kappa shape index (κ1) is 17.0. The zero-order valence-corrected chi connectivity index (χ0v) is 14.9. The molecule has 7 nitrogen and oxygen atoms in total. The van der Waals surface area contributed by atoms with E-state index in [1.165, 1.54) is 34.2 Å². The van der Waals surface area contributed by atoms with E-state index in [-0.39, 0.29) is 18.1 Å². The Balaban J connectivity index is 1.72. The predicted molar refractivity (Wildman–Crippen MR) is 90.4 cm³/mol. The lowest BCUT2D eigenvalue weighted by Crippen LogP contribution is -2.37. The van der Waals surface area contributed by atoms with Crippen LogP contribution < -0.4 is 0 Å². The number of hydrogen-bond acceptors (Lipinski definition) is 6. The summed E-state index contributed by atoms with van der Waals surface area (Å²) in [7, 11) is -3.49. The summed E-state index contributed by atoms with van der Waals surface area (Å²) in [5.74, 6) is -0.214. The number of sulfonamides is 1. The van der Waals surface area contributed by atoms with E-state index in [0.717, 1.165) is 4.88 Å². The molecule has 0 atom stereocenters. The van der Waals surface area contributed by atoms with Crippen molar-refractivity contribution in [3.05, 3.63) is 41.3 Å². The van der Waals surface area contributed by atoms with Gasteiger partial charge in [-0.1, -0.05) is 0 Å². The van der Waals surface area contributed by atoms with Crippen molar-refractivity contribution in [2.24, 2.45) is 0 Å². The fourth-order valence-electron chi connectivity index (χ4n) is 2.59. The largest absolute Gasteiger partial charge is 0.336 e. The van der Waals surface area contributed by atoms with Crippen LogP contribution in [0.1, 0.15) is 21.8 Å². The summed E-state index contributed by atoms with van der Waals surface area (Å²) in [6, 6.07) is 3.45. The van der Waals surface area contributed by atoms with Crippen LogP contribution in [0.4, 0.5) is 0 Å². The average molecular weight is 366 g/mol. The van der Waals surface area contributed by atoms with E-state index < -0.39 is 10.0 Å². The van der Waals surface area contributed by atoms with Crippen molar-refractivity contribution in [3.63, 3.8) is 0 Å². The lowest BCUT2D eigenvalue weighted by atomic mass is 10.3. The maximum absolute atomic E-state index is 12.7. The zero-order chi connectivity index (χ0) is 17.2. The Morgan fingerprint density at radius 3 is 2.67 bits per heavy atom. The Morgan fingerprint density at radius 2 is 2.00 bits per heavy atom. The fraction of sp³-hybridized carbons (Fsp3) is 0.400. The molecule has 1 aliphatic rings. The first-order chi connectivity index (χ1) is 11.5. The summed E-state index contributed by atoms with van der Waals surface area (Å²) in [5.41, 5.74) is 0.280. The topological polar surface area (TPSA) is 83.5 Å². The van der Waals surface area contributed by atoms with Crippen molar-refractivity contribution >= 4 is 27.3 Å². The third-order valence-electron chi connectivity index (χ3n) is 3.83. The second-order valence-corrected chi connectivity index (χ2v) is 8.96. The number of hydrogen-bond donors (Lipinski definition) is 0. The highest BCUT2D eigenvalue weighted by atomic mass is 32.2. The maximum atomic E-state index is 12.7. The Labute approximate surface area is 145 Å². The quantitative estimate of drug-likeness (QED) is 0.819. The normalized spacial score (nSPS) is 16.8. The van der Waals surface area contributed by atoms with Crippen LogP contribution in [0.5, 0.6) is 0 Å². The van der Waals surface area contributed by atoms with Gasteiger partial charge in [-0.3, -0.25) is 9.78 Å². The first-order valence-electron chi connectivity index (χ1n) is 7.60. The van der Waals surface area contributed by atoms with Crippen molar-refractivity contribution in [1.29, 1.82) is 0 Å². The third-order valence-corrected chi connectivity index (χ3v) is 7.20. The van der Waals surface area contributed by atoms with Crippen LogP contribution in [0.3, 0.4) is 0 Å². The number of thiophene rings is 1. The van der Waals surface area contributed by atoms with Crippen molar-refractivity contribution in [3.8, 4) is 0 Å². The molecule has 2 aromatic heterocycles. The second kappa shape index (κ2) is 6.96. The molecule has 1 aliphatic heterocycles. The molecule has 128 valence electrons. The second-order valence-electron chi connectivity index (χ2n) is 5.51. The minimum absolute atomic E-state index is 0.214. The van der Waals surface area contributed by atoms with Gasteiger partial charge in [0.05, 0.1) is 6.20 Å². The van der Waals surface area contributed by atoms with E-state index in [0.29, 0.717) is 30.3 Å². The standard InChI is InChI=1S/C15H18N4O3S2/c1-12-3-4-14(23-12)24(21,22)19-8-2-7-18(9-10-19)15(20)13-11-16-5-6-17-13/h3-6,11H,2,7-10H2,1H3. The lowest BCUT2D eigenvalue weighted by molar-refractivity contribution is 0.0758. The summed E-state index contributed by atoms with van der Waals surface area (Å²) in [5, 5.41) is 0. The summed E-state index contributed by atoms with van der Waals surface area (Å²) in [6.45, 7) is 3.42. The summed E-state index contributed by atoms with van der Waals surface area (Å²) >= 11 is 1.27. The monoisotopic (exact) mass is 366 g/mol. The summed E-state index contributed by atoms with van der Waals surface area (Å²) in [4.78, 5) is 23.0. The molecule has 0 unspecified atom stereocenters. The third kappa shape index (κ3) is 3.47. The molecule has 0 saturated carbocycles. The zero-order valence-electron chi connectivity index (χ0n) is 13.3. The molecule has 0 N–H and O–H groups in total. The molecule has 1 fully saturated rings. The van der Waals surface area contributed by atoms with Crippen molar-refractivity contribution < 1.29 is 13.2 Å². The number of nitrogens with zero attached hydrogens (tertiary/aromatic N) is 4. The number of carbonyl (C=O) groups is 1. The van der Waals surface area contributed by atoms with Crippen LogP contribution in [0.25, 0.3) is 0 Å². The van der Waals surface area contributed by atoms with Gasteiger partial charge >= 0.3 is 0 Å². The van der Waals surface area contributed by atoms with Crippen LogP contribution in [0.15, 0.2) is 34.9 Å². The molecule has 1 amide bonds. The summed E-state index contributed by atoms with van der Waals surface area (Å²) < 4.78 is 27.2. The van der Waals surface area contributed by atoms with Gasteiger partial charge in [-0.2, -0.15) is 4.31 Å². The minimum atomic E-state index is -3.49. The van der Waals surface area contributed by atoms with Crippen molar-refractivity contribution in [2.75, 3.05) is 26.2 Å². The molecule has 2 aromatic rings. The van der Waals surface area contributed by atoms with Crippen LogP contribution >= 0.6 is 11.3 Å². The van der Waals surface area contributed by atoms with Gasteiger partial charge in [0.1, 0.15) is 9.90 Å². The van der Waals surface area contributed by atoms with E-state index in [1.807, 2.05) is 6.92 Å². The smallest absolute Gasteiger partial charge is 0.274 e. The number of carbonyl (C=O) groups excluding carboxylic acids is 1. The molecule has 0 radical (unpaired) electrons. The first-order valence-corrected chi connectivity index (χ1v) is 9.86. The van der Waals surface area contributed by atoms with E-state index >= 15 is 0 Å². The number of rotatable bonds is 3. The van der Waals surface area contributed by atoms with Crippen molar-refractivity contribution in [1.82, 2.24) is 19.2 Å². The Kier molecular flexibility index (Phi) is 4.93. The predicted octanol–water partition coefficient (Wildman–Crippen LogP) is 1.38.